The van der Waals surface area contributed by atoms with E-state index in [1.54, 1.807) is 17.0 Å². The van der Waals surface area contributed by atoms with Crippen molar-refractivity contribution in [3.63, 3.8) is 0 Å². The lowest BCUT2D eigenvalue weighted by atomic mass is 10.1. The summed E-state index contributed by atoms with van der Waals surface area (Å²) in [4.78, 5) is 16.9. The third kappa shape index (κ3) is 3.73. The first-order valence-electron chi connectivity index (χ1n) is 9.12. The molecule has 28 heavy (non-hydrogen) atoms. The van der Waals surface area contributed by atoms with Crippen molar-refractivity contribution in [1.29, 1.82) is 0 Å². The zero-order chi connectivity index (χ0) is 19.5. The molecule has 0 bridgehead atoms. The highest BCUT2D eigenvalue weighted by Gasteiger charge is 2.15. The number of anilines is 1. The van der Waals surface area contributed by atoms with Gasteiger partial charge in [-0.25, -0.2) is 9.50 Å². The van der Waals surface area contributed by atoms with E-state index in [1.165, 1.54) is 6.20 Å². The Balaban J connectivity index is 1.52. The molecular weight excluding hydrogens is 354 g/mol. The lowest BCUT2D eigenvalue weighted by molar-refractivity contribution is 0.0944. The minimum absolute atomic E-state index is 0.0465. The van der Waals surface area contributed by atoms with Crippen LogP contribution in [-0.4, -0.2) is 26.5 Å². The molecule has 0 aliphatic rings. The van der Waals surface area contributed by atoms with Gasteiger partial charge >= 0.3 is 0 Å². The fourth-order valence-corrected chi connectivity index (χ4v) is 2.94. The first-order chi connectivity index (χ1) is 13.6. The number of rotatable bonds is 6. The van der Waals surface area contributed by atoms with Crippen LogP contribution in [0.25, 0.3) is 17.0 Å². The van der Waals surface area contributed by atoms with Gasteiger partial charge in [-0.2, -0.15) is 5.10 Å². The van der Waals surface area contributed by atoms with E-state index in [9.17, 15) is 4.79 Å². The third-order valence-electron chi connectivity index (χ3n) is 4.24. The largest absolute Gasteiger partial charge is 0.464 e. The van der Waals surface area contributed by atoms with Crippen LogP contribution in [0.3, 0.4) is 0 Å². The number of nitrogens with one attached hydrogen (secondary N) is 2. The average molecular weight is 375 g/mol. The second kappa shape index (κ2) is 7.56. The van der Waals surface area contributed by atoms with Crippen molar-refractivity contribution in [3.05, 3.63) is 72.2 Å². The van der Waals surface area contributed by atoms with E-state index < -0.39 is 0 Å². The van der Waals surface area contributed by atoms with Crippen LogP contribution in [0.2, 0.25) is 0 Å². The Morgan fingerprint density at radius 1 is 1.21 bits per heavy atom. The summed E-state index contributed by atoms with van der Waals surface area (Å²) in [6.07, 6.45) is 4.99. The molecule has 142 valence electrons. The van der Waals surface area contributed by atoms with Crippen molar-refractivity contribution in [3.8, 4) is 11.3 Å². The second-order valence-electron chi connectivity index (χ2n) is 6.80. The summed E-state index contributed by atoms with van der Waals surface area (Å²) >= 11 is 0. The van der Waals surface area contributed by atoms with Gasteiger partial charge in [0.05, 0.1) is 12.5 Å². The van der Waals surface area contributed by atoms with Gasteiger partial charge in [-0.15, -0.1) is 0 Å². The minimum atomic E-state index is -0.180. The van der Waals surface area contributed by atoms with E-state index in [-0.39, 0.29) is 11.9 Å². The zero-order valence-electron chi connectivity index (χ0n) is 15.7. The Hall–Kier alpha value is -3.61. The summed E-state index contributed by atoms with van der Waals surface area (Å²) in [5.74, 6) is 1.33. The molecule has 0 saturated heterocycles. The number of hydrogen-bond acceptors (Lipinski definition) is 5. The molecule has 7 nitrogen and oxygen atoms in total. The van der Waals surface area contributed by atoms with E-state index >= 15 is 0 Å². The van der Waals surface area contributed by atoms with Crippen molar-refractivity contribution in [2.24, 2.45) is 0 Å². The molecular formula is C21H21N5O2. The number of carbonyl (C=O) groups excluding carboxylic acids is 1. The highest BCUT2D eigenvalue weighted by molar-refractivity contribution is 5.99. The molecule has 3 aromatic heterocycles. The number of hydrogen-bond donors (Lipinski definition) is 2. The molecule has 0 aliphatic carbocycles. The van der Waals surface area contributed by atoms with Gasteiger partial charge in [0.1, 0.15) is 17.1 Å². The van der Waals surface area contributed by atoms with E-state index in [0.29, 0.717) is 23.6 Å². The number of furan rings is 1. The molecule has 4 aromatic rings. The average Bonchev–Trinajstić information content (AvgIpc) is 3.35. The fourth-order valence-electron chi connectivity index (χ4n) is 2.94. The summed E-state index contributed by atoms with van der Waals surface area (Å²) in [7, 11) is 0. The quantitative estimate of drug-likeness (QED) is 0.536. The number of amides is 1. The summed E-state index contributed by atoms with van der Waals surface area (Å²) < 4.78 is 7.05. The van der Waals surface area contributed by atoms with Crippen LogP contribution in [-0.2, 0) is 6.54 Å². The predicted octanol–water partition coefficient (Wildman–Crippen LogP) is 3.74. The van der Waals surface area contributed by atoms with Crippen molar-refractivity contribution in [1.82, 2.24) is 19.9 Å². The number of carbonyl (C=O) groups is 1. The number of fused-ring (bicyclic) bond motifs is 1. The lowest BCUT2D eigenvalue weighted by Gasteiger charge is -2.09. The van der Waals surface area contributed by atoms with Crippen LogP contribution in [0.1, 0.15) is 29.8 Å². The SMILES string of the molecule is CC(C)NC(=O)c1cnn2ccc(NCc3cccc(-c4ccco4)c3)nc12. The smallest absolute Gasteiger partial charge is 0.256 e. The van der Waals surface area contributed by atoms with Crippen LogP contribution in [0.4, 0.5) is 5.82 Å². The maximum absolute atomic E-state index is 12.3. The Labute approximate surface area is 162 Å². The third-order valence-corrected chi connectivity index (χ3v) is 4.24. The Morgan fingerprint density at radius 2 is 2.11 bits per heavy atom. The summed E-state index contributed by atoms with van der Waals surface area (Å²) in [5.41, 5.74) is 3.10. The molecule has 1 aromatic carbocycles. The van der Waals surface area contributed by atoms with Crippen molar-refractivity contribution in [2.45, 2.75) is 26.4 Å². The monoisotopic (exact) mass is 375 g/mol. The standard InChI is InChI=1S/C21H21N5O2/c1-14(2)24-21(27)17-13-23-26-9-8-19(25-20(17)26)22-12-15-5-3-6-16(11-15)18-7-4-10-28-18/h3-11,13-14H,12H2,1-2H3,(H,22,25)(H,24,27). The lowest BCUT2D eigenvalue weighted by Crippen LogP contribution is -2.30. The summed E-state index contributed by atoms with van der Waals surface area (Å²) in [6, 6.07) is 13.8. The molecule has 2 N–H and O–H groups in total. The molecule has 0 radical (unpaired) electrons. The fraction of sp³-hybridized carbons (Fsp3) is 0.190. The highest BCUT2D eigenvalue weighted by atomic mass is 16.3. The van der Waals surface area contributed by atoms with Crippen molar-refractivity contribution >= 4 is 17.4 Å². The second-order valence-corrected chi connectivity index (χ2v) is 6.80. The topological polar surface area (TPSA) is 84.5 Å². The van der Waals surface area contributed by atoms with Crippen LogP contribution in [0.15, 0.2) is 65.5 Å². The van der Waals surface area contributed by atoms with Gasteiger partial charge in [0.15, 0.2) is 5.65 Å². The molecule has 1 amide bonds. The molecule has 0 fully saturated rings. The zero-order valence-corrected chi connectivity index (χ0v) is 15.7. The van der Waals surface area contributed by atoms with E-state index in [4.69, 9.17) is 4.42 Å². The van der Waals surface area contributed by atoms with Gasteiger partial charge in [0.25, 0.3) is 5.91 Å². The molecule has 0 unspecified atom stereocenters. The Kier molecular flexibility index (Phi) is 4.80. The first kappa shape index (κ1) is 17.8. The molecule has 0 spiro atoms. The molecule has 7 heteroatoms. The Morgan fingerprint density at radius 3 is 2.89 bits per heavy atom. The highest BCUT2D eigenvalue weighted by Crippen LogP contribution is 2.21. The van der Waals surface area contributed by atoms with Gasteiger partial charge in [0, 0.05) is 24.3 Å². The molecule has 3 heterocycles. The first-order valence-corrected chi connectivity index (χ1v) is 9.12. The molecule has 0 saturated carbocycles. The summed E-state index contributed by atoms with van der Waals surface area (Å²) in [5, 5.41) is 10.4. The number of benzene rings is 1. The number of nitrogens with zero attached hydrogens (tertiary/aromatic N) is 3. The van der Waals surface area contributed by atoms with Gasteiger partial charge in [-0.05, 0) is 43.7 Å². The van der Waals surface area contributed by atoms with Gasteiger partial charge in [-0.1, -0.05) is 18.2 Å². The maximum Gasteiger partial charge on any atom is 0.256 e. The van der Waals surface area contributed by atoms with Crippen LogP contribution in [0, 0.1) is 0 Å². The normalized spacial score (nSPS) is 11.1. The molecule has 4 rings (SSSR count). The van der Waals surface area contributed by atoms with E-state index in [0.717, 1.165) is 16.9 Å². The van der Waals surface area contributed by atoms with Crippen LogP contribution in [0.5, 0.6) is 0 Å². The molecule has 0 aliphatic heterocycles. The van der Waals surface area contributed by atoms with Gasteiger partial charge in [-0.3, -0.25) is 4.79 Å². The predicted molar refractivity (Wildman–Crippen MR) is 107 cm³/mol. The van der Waals surface area contributed by atoms with E-state index in [1.807, 2.05) is 50.2 Å². The van der Waals surface area contributed by atoms with Gasteiger partial charge in [0.2, 0.25) is 0 Å². The Bertz CT molecular complexity index is 1100. The van der Waals surface area contributed by atoms with Crippen LogP contribution >= 0.6 is 0 Å². The minimum Gasteiger partial charge on any atom is -0.464 e. The van der Waals surface area contributed by atoms with Crippen molar-refractivity contribution < 1.29 is 9.21 Å². The number of aromatic nitrogens is 3. The summed E-state index contributed by atoms with van der Waals surface area (Å²) in [6.45, 7) is 4.43. The maximum atomic E-state index is 12.3. The van der Waals surface area contributed by atoms with Crippen molar-refractivity contribution in [2.75, 3.05) is 5.32 Å². The van der Waals surface area contributed by atoms with E-state index in [2.05, 4.69) is 26.8 Å². The molecule has 0 atom stereocenters. The van der Waals surface area contributed by atoms with Gasteiger partial charge < -0.3 is 15.1 Å². The van der Waals surface area contributed by atoms with Crippen LogP contribution < -0.4 is 10.6 Å².